The molecule has 1 unspecified atom stereocenters. The largest absolute Gasteiger partial charge is 0.339 e. The molecule has 1 atom stereocenters. The first-order chi connectivity index (χ1) is 12.5. The number of aryl methyl sites for hydroxylation is 1. The smallest absolute Gasteiger partial charge is 0.232 e. The van der Waals surface area contributed by atoms with Gasteiger partial charge in [-0.1, -0.05) is 41.0 Å². The second-order valence-corrected chi connectivity index (χ2v) is 6.71. The van der Waals surface area contributed by atoms with E-state index in [1.54, 1.807) is 6.07 Å². The van der Waals surface area contributed by atoms with Crippen molar-refractivity contribution in [2.45, 2.75) is 19.3 Å². The van der Waals surface area contributed by atoms with E-state index in [9.17, 15) is 9.18 Å². The average Bonchev–Trinajstić information content (AvgIpc) is 3.22. The topological polar surface area (TPSA) is 59.2 Å². The second kappa shape index (κ2) is 6.53. The van der Waals surface area contributed by atoms with Crippen LogP contribution in [-0.2, 0) is 4.79 Å². The Morgan fingerprint density at radius 2 is 2.08 bits per heavy atom. The van der Waals surface area contributed by atoms with Crippen LogP contribution >= 0.6 is 11.6 Å². The van der Waals surface area contributed by atoms with Gasteiger partial charge in [-0.3, -0.25) is 4.79 Å². The number of benzene rings is 2. The first-order valence-electron chi connectivity index (χ1n) is 8.18. The number of hydrogen-bond acceptors (Lipinski definition) is 4. The van der Waals surface area contributed by atoms with Gasteiger partial charge >= 0.3 is 0 Å². The van der Waals surface area contributed by atoms with Crippen LogP contribution in [0, 0.1) is 12.7 Å². The fourth-order valence-electron chi connectivity index (χ4n) is 3.14. The predicted octanol–water partition coefficient (Wildman–Crippen LogP) is 4.36. The molecule has 2 heterocycles. The molecule has 1 fully saturated rings. The van der Waals surface area contributed by atoms with Crippen LogP contribution in [0.3, 0.4) is 0 Å². The van der Waals surface area contributed by atoms with Gasteiger partial charge in [-0.05, 0) is 30.7 Å². The molecule has 0 spiro atoms. The zero-order chi connectivity index (χ0) is 18.3. The molecular weight excluding hydrogens is 357 g/mol. The highest BCUT2D eigenvalue weighted by atomic mass is 35.5. The van der Waals surface area contributed by atoms with Crippen LogP contribution in [0.4, 0.5) is 10.1 Å². The van der Waals surface area contributed by atoms with Gasteiger partial charge in [0.1, 0.15) is 5.82 Å². The molecule has 1 amide bonds. The highest BCUT2D eigenvalue weighted by Crippen LogP contribution is 2.34. The standard InChI is InChI=1S/C19H15ClFN3O2/c1-11-4-2-3-5-14(11)18-22-19(26-23-18)12-8-17(25)24(10-12)16-7-6-13(20)9-15(16)21/h2-7,9,12H,8,10H2,1H3. The van der Waals surface area contributed by atoms with Crippen LogP contribution in [-0.4, -0.2) is 22.6 Å². The number of rotatable bonds is 3. The number of halogens is 2. The summed E-state index contributed by atoms with van der Waals surface area (Å²) < 4.78 is 19.5. The Labute approximate surface area is 154 Å². The maximum Gasteiger partial charge on any atom is 0.232 e. The fraction of sp³-hybridized carbons (Fsp3) is 0.211. The molecule has 7 heteroatoms. The van der Waals surface area contributed by atoms with Crippen molar-refractivity contribution in [2.75, 3.05) is 11.4 Å². The van der Waals surface area contributed by atoms with Gasteiger partial charge in [0.2, 0.25) is 17.6 Å². The van der Waals surface area contributed by atoms with Crippen molar-refractivity contribution in [1.82, 2.24) is 10.1 Å². The van der Waals surface area contributed by atoms with E-state index >= 15 is 0 Å². The fourth-order valence-corrected chi connectivity index (χ4v) is 3.30. The van der Waals surface area contributed by atoms with Crippen molar-refractivity contribution in [3.8, 4) is 11.4 Å². The highest BCUT2D eigenvalue weighted by molar-refractivity contribution is 6.30. The average molecular weight is 372 g/mol. The highest BCUT2D eigenvalue weighted by Gasteiger charge is 2.36. The lowest BCUT2D eigenvalue weighted by molar-refractivity contribution is -0.117. The summed E-state index contributed by atoms with van der Waals surface area (Å²) in [5.41, 5.74) is 2.13. The molecule has 26 heavy (non-hydrogen) atoms. The van der Waals surface area contributed by atoms with Crippen molar-refractivity contribution in [1.29, 1.82) is 0 Å². The molecule has 0 N–H and O–H groups in total. The number of nitrogens with zero attached hydrogens (tertiary/aromatic N) is 3. The van der Waals surface area contributed by atoms with Gasteiger partial charge < -0.3 is 9.42 Å². The molecule has 1 aliphatic heterocycles. The minimum Gasteiger partial charge on any atom is -0.339 e. The summed E-state index contributed by atoms with van der Waals surface area (Å²) in [7, 11) is 0. The van der Waals surface area contributed by atoms with Crippen LogP contribution in [0.5, 0.6) is 0 Å². The van der Waals surface area contributed by atoms with E-state index in [0.29, 0.717) is 11.7 Å². The SMILES string of the molecule is Cc1ccccc1-c1noc(C2CC(=O)N(c3ccc(Cl)cc3F)C2)n1. The quantitative estimate of drug-likeness (QED) is 0.686. The molecule has 1 saturated heterocycles. The lowest BCUT2D eigenvalue weighted by Crippen LogP contribution is -2.25. The van der Waals surface area contributed by atoms with Gasteiger partial charge in [0.25, 0.3) is 0 Å². The van der Waals surface area contributed by atoms with Crippen LogP contribution in [0.1, 0.15) is 23.8 Å². The Bertz CT molecular complexity index is 988. The number of carbonyl (C=O) groups excluding carboxylic acids is 1. The van der Waals surface area contributed by atoms with Gasteiger partial charge in [0.05, 0.1) is 11.6 Å². The molecule has 0 saturated carbocycles. The van der Waals surface area contributed by atoms with Gasteiger partial charge in [0, 0.05) is 23.6 Å². The van der Waals surface area contributed by atoms with E-state index in [2.05, 4.69) is 10.1 Å². The lowest BCUT2D eigenvalue weighted by Gasteiger charge is -2.16. The van der Waals surface area contributed by atoms with E-state index in [4.69, 9.17) is 16.1 Å². The van der Waals surface area contributed by atoms with E-state index in [-0.39, 0.29) is 35.5 Å². The van der Waals surface area contributed by atoms with Crippen molar-refractivity contribution in [3.05, 3.63) is 64.8 Å². The second-order valence-electron chi connectivity index (χ2n) is 6.27. The molecule has 0 bridgehead atoms. The monoisotopic (exact) mass is 371 g/mol. The maximum atomic E-state index is 14.1. The van der Waals surface area contributed by atoms with Crippen LogP contribution in [0.25, 0.3) is 11.4 Å². The Balaban J connectivity index is 1.59. The predicted molar refractivity (Wildman–Crippen MR) is 95.6 cm³/mol. The molecule has 132 valence electrons. The van der Waals surface area contributed by atoms with Crippen molar-refractivity contribution < 1.29 is 13.7 Å². The Morgan fingerprint density at radius 3 is 2.85 bits per heavy atom. The van der Waals surface area contributed by atoms with E-state index in [1.807, 2.05) is 31.2 Å². The Morgan fingerprint density at radius 1 is 1.27 bits per heavy atom. The molecule has 1 aliphatic rings. The summed E-state index contributed by atoms with van der Waals surface area (Å²) in [4.78, 5) is 18.2. The van der Waals surface area contributed by atoms with Gasteiger partial charge in [-0.2, -0.15) is 4.98 Å². The summed E-state index contributed by atoms with van der Waals surface area (Å²) >= 11 is 5.78. The normalized spacial score (nSPS) is 17.1. The third-order valence-electron chi connectivity index (χ3n) is 4.50. The van der Waals surface area contributed by atoms with Gasteiger partial charge in [-0.15, -0.1) is 0 Å². The van der Waals surface area contributed by atoms with E-state index < -0.39 is 5.82 Å². The number of hydrogen-bond donors (Lipinski definition) is 0. The summed E-state index contributed by atoms with van der Waals surface area (Å²) in [6.45, 7) is 2.25. The number of carbonyl (C=O) groups is 1. The van der Waals surface area contributed by atoms with Crippen molar-refractivity contribution in [2.24, 2.45) is 0 Å². The number of amides is 1. The summed E-state index contributed by atoms with van der Waals surface area (Å²) in [5.74, 6) is -0.123. The van der Waals surface area contributed by atoms with Crippen molar-refractivity contribution >= 4 is 23.2 Å². The maximum absolute atomic E-state index is 14.1. The van der Waals surface area contributed by atoms with Gasteiger partial charge in [0.15, 0.2) is 0 Å². The molecule has 0 radical (unpaired) electrons. The zero-order valence-corrected chi connectivity index (χ0v) is 14.7. The molecule has 3 aromatic rings. The minimum atomic E-state index is -0.530. The van der Waals surface area contributed by atoms with Crippen LogP contribution in [0.15, 0.2) is 47.0 Å². The number of aromatic nitrogens is 2. The molecule has 1 aromatic heterocycles. The summed E-state index contributed by atoms with van der Waals surface area (Å²) in [6, 6.07) is 12.0. The molecule has 0 aliphatic carbocycles. The zero-order valence-electron chi connectivity index (χ0n) is 13.9. The molecule has 4 rings (SSSR count). The minimum absolute atomic E-state index is 0.188. The van der Waals surface area contributed by atoms with E-state index in [0.717, 1.165) is 11.1 Å². The Kier molecular flexibility index (Phi) is 4.20. The molecular formula is C19H15ClFN3O2. The summed E-state index contributed by atoms with van der Waals surface area (Å²) in [5, 5.41) is 4.32. The van der Waals surface area contributed by atoms with Crippen LogP contribution < -0.4 is 4.90 Å². The van der Waals surface area contributed by atoms with E-state index in [1.165, 1.54) is 17.0 Å². The van der Waals surface area contributed by atoms with Gasteiger partial charge in [-0.25, -0.2) is 4.39 Å². The first-order valence-corrected chi connectivity index (χ1v) is 8.56. The third-order valence-corrected chi connectivity index (χ3v) is 4.74. The summed E-state index contributed by atoms with van der Waals surface area (Å²) in [6.07, 6.45) is 0.192. The lowest BCUT2D eigenvalue weighted by atomic mass is 10.1. The molecule has 5 nitrogen and oxygen atoms in total. The third kappa shape index (κ3) is 2.97. The number of anilines is 1. The molecule has 2 aromatic carbocycles. The van der Waals surface area contributed by atoms with Crippen LogP contribution in [0.2, 0.25) is 5.02 Å². The van der Waals surface area contributed by atoms with Crippen molar-refractivity contribution in [3.63, 3.8) is 0 Å². The first kappa shape index (κ1) is 16.7. The Hall–Kier alpha value is -2.73.